The molecule has 1 amide bonds. The van der Waals surface area contributed by atoms with E-state index >= 15 is 0 Å². The molecule has 0 unspecified atom stereocenters. The van der Waals surface area contributed by atoms with Gasteiger partial charge in [-0.25, -0.2) is 5.43 Å². The summed E-state index contributed by atoms with van der Waals surface area (Å²) < 4.78 is 16.0. The number of methoxy groups -OCH3 is 2. The van der Waals surface area contributed by atoms with E-state index in [4.69, 9.17) is 37.1 Å². The van der Waals surface area contributed by atoms with Crippen LogP contribution in [0.4, 0.5) is 0 Å². The van der Waals surface area contributed by atoms with Gasteiger partial charge >= 0.3 is 0 Å². The molecule has 0 saturated heterocycles. The van der Waals surface area contributed by atoms with Crippen molar-refractivity contribution in [1.82, 2.24) is 5.43 Å². The van der Waals surface area contributed by atoms with Gasteiger partial charge in [-0.3, -0.25) is 4.79 Å². The standard InChI is InChI=1S/C20H16Cl2N2O4/c1-26-18-7-3-12(9-19(18)27-2)20(25)24-23-11-14-5-8-17(28-14)15-10-13(21)4-6-16(15)22/h3-11H,1-2H3,(H,24,25)/b23-11-. The third kappa shape index (κ3) is 4.47. The molecule has 0 saturated carbocycles. The Hall–Kier alpha value is -2.96. The van der Waals surface area contributed by atoms with Gasteiger partial charge in [0.2, 0.25) is 0 Å². The topological polar surface area (TPSA) is 73.1 Å². The Bertz CT molecular complexity index is 1030. The number of hydrogen-bond acceptors (Lipinski definition) is 5. The van der Waals surface area contributed by atoms with E-state index in [1.807, 2.05) is 0 Å². The normalized spacial score (nSPS) is 10.9. The molecule has 1 heterocycles. The Morgan fingerprint density at radius 3 is 2.57 bits per heavy atom. The number of hydrazone groups is 1. The number of ether oxygens (including phenoxy) is 2. The number of halogens is 2. The Kier molecular flexibility index (Phi) is 6.23. The number of amides is 1. The number of rotatable bonds is 6. The molecule has 0 aliphatic heterocycles. The Morgan fingerprint density at radius 1 is 1.04 bits per heavy atom. The van der Waals surface area contributed by atoms with E-state index in [0.29, 0.717) is 44.2 Å². The maximum Gasteiger partial charge on any atom is 0.271 e. The van der Waals surface area contributed by atoms with Gasteiger partial charge < -0.3 is 13.9 Å². The van der Waals surface area contributed by atoms with Gasteiger partial charge in [0.1, 0.15) is 11.5 Å². The molecule has 3 rings (SSSR count). The predicted molar refractivity (Wildman–Crippen MR) is 109 cm³/mol. The maximum absolute atomic E-state index is 12.2. The van der Waals surface area contributed by atoms with Crippen LogP contribution in [0.3, 0.4) is 0 Å². The fourth-order valence-electron chi connectivity index (χ4n) is 2.45. The van der Waals surface area contributed by atoms with Crippen molar-refractivity contribution >= 4 is 35.3 Å². The van der Waals surface area contributed by atoms with Crippen LogP contribution in [-0.2, 0) is 0 Å². The summed E-state index contributed by atoms with van der Waals surface area (Å²) in [6.45, 7) is 0. The summed E-state index contributed by atoms with van der Waals surface area (Å²) in [5.74, 6) is 1.57. The molecule has 0 fully saturated rings. The highest BCUT2D eigenvalue weighted by Gasteiger charge is 2.11. The van der Waals surface area contributed by atoms with Crippen molar-refractivity contribution in [2.75, 3.05) is 14.2 Å². The van der Waals surface area contributed by atoms with Gasteiger partial charge in [0.15, 0.2) is 11.5 Å². The molecular formula is C20H16Cl2N2O4. The molecule has 0 spiro atoms. The van der Waals surface area contributed by atoms with Crippen molar-refractivity contribution in [3.63, 3.8) is 0 Å². The van der Waals surface area contributed by atoms with Crippen LogP contribution in [-0.4, -0.2) is 26.3 Å². The van der Waals surface area contributed by atoms with Gasteiger partial charge in [-0.05, 0) is 48.5 Å². The molecule has 6 nitrogen and oxygen atoms in total. The van der Waals surface area contributed by atoms with Gasteiger partial charge in [-0.15, -0.1) is 0 Å². The summed E-state index contributed by atoms with van der Waals surface area (Å²) in [4.78, 5) is 12.2. The number of carbonyl (C=O) groups is 1. The van der Waals surface area contributed by atoms with Crippen LogP contribution in [0.5, 0.6) is 11.5 Å². The van der Waals surface area contributed by atoms with Crippen LogP contribution < -0.4 is 14.9 Å². The highest BCUT2D eigenvalue weighted by Crippen LogP contribution is 2.31. The van der Waals surface area contributed by atoms with Gasteiger partial charge in [0.25, 0.3) is 5.91 Å². The molecule has 0 aliphatic rings. The molecule has 1 aromatic heterocycles. The number of nitrogens with zero attached hydrogens (tertiary/aromatic N) is 1. The van der Waals surface area contributed by atoms with Gasteiger partial charge in [0, 0.05) is 16.1 Å². The minimum absolute atomic E-state index is 0.376. The molecular weight excluding hydrogens is 403 g/mol. The number of benzene rings is 2. The van der Waals surface area contributed by atoms with Crippen LogP contribution in [0.15, 0.2) is 58.0 Å². The number of hydrogen-bond donors (Lipinski definition) is 1. The van der Waals surface area contributed by atoms with Crippen molar-refractivity contribution in [1.29, 1.82) is 0 Å². The number of carbonyl (C=O) groups excluding carboxylic acids is 1. The second-order valence-electron chi connectivity index (χ2n) is 5.60. The minimum atomic E-state index is -0.401. The molecule has 0 bridgehead atoms. The first-order chi connectivity index (χ1) is 13.5. The zero-order valence-corrected chi connectivity index (χ0v) is 16.5. The summed E-state index contributed by atoms with van der Waals surface area (Å²) in [5.41, 5.74) is 3.48. The largest absolute Gasteiger partial charge is 0.493 e. The second-order valence-corrected chi connectivity index (χ2v) is 6.44. The molecule has 144 valence electrons. The third-order valence-corrected chi connectivity index (χ3v) is 4.39. The zero-order valence-electron chi connectivity index (χ0n) is 15.0. The van der Waals surface area contributed by atoms with Crippen LogP contribution in [0, 0.1) is 0 Å². The molecule has 8 heteroatoms. The molecule has 0 atom stereocenters. The van der Waals surface area contributed by atoms with Gasteiger partial charge in [0.05, 0.1) is 25.5 Å². The van der Waals surface area contributed by atoms with Crippen molar-refractivity contribution < 1.29 is 18.7 Å². The second kappa shape index (κ2) is 8.82. The van der Waals surface area contributed by atoms with E-state index in [0.717, 1.165) is 0 Å². The molecule has 28 heavy (non-hydrogen) atoms. The van der Waals surface area contributed by atoms with Gasteiger partial charge in [-0.2, -0.15) is 5.10 Å². The zero-order chi connectivity index (χ0) is 20.1. The summed E-state index contributed by atoms with van der Waals surface area (Å²) in [6, 6.07) is 13.4. The van der Waals surface area contributed by atoms with Crippen molar-refractivity contribution in [2.24, 2.45) is 5.10 Å². The lowest BCUT2D eigenvalue weighted by atomic mass is 10.2. The quantitative estimate of drug-likeness (QED) is 0.449. The van der Waals surface area contributed by atoms with Gasteiger partial charge in [-0.1, -0.05) is 23.2 Å². The van der Waals surface area contributed by atoms with E-state index < -0.39 is 5.91 Å². The third-order valence-electron chi connectivity index (χ3n) is 3.82. The Balaban J connectivity index is 1.69. The van der Waals surface area contributed by atoms with Crippen molar-refractivity contribution in [3.05, 3.63) is 69.9 Å². The van der Waals surface area contributed by atoms with Crippen LogP contribution in [0.2, 0.25) is 10.0 Å². The van der Waals surface area contributed by atoms with Crippen molar-refractivity contribution in [3.8, 4) is 22.8 Å². The van der Waals surface area contributed by atoms with E-state index in [9.17, 15) is 4.79 Å². The lowest BCUT2D eigenvalue weighted by molar-refractivity contribution is 0.0954. The predicted octanol–water partition coefficient (Wildman–Crippen LogP) is 5.03. The van der Waals surface area contributed by atoms with E-state index in [2.05, 4.69) is 10.5 Å². The monoisotopic (exact) mass is 418 g/mol. The first-order valence-corrected chi connectivity index (χ1v) is 8.88. The summed E-state index contributed by atoms with van der Waals surface area (Å²) in [5, 5.41) is 4.98. The van der Waals surface area contributed by atoms with E-state index in [1.165, 1.54) is 20.4 Å². The summed E-state index contributed by atoms with van der Waals surface area (Å²) in [6.07, 6.45) is 1.39. The highest BCUT2D eigenvalue weighted by atomic mass is 35.5. The lowest BCUT2D eigenvalue weighted by Crippen LogP contribution is -2.17. The smallest absolute Gasteiger partial charge is 0.271 e. The van der Waals surface area contributed by atoms with Crippen LogP contribution >= 0.6 is 23.2 Å². The average molecular weight is 419 g/mol. The first-order valence-electron chi connectivity index (χ1n) is 8.12. The molecule has 0 aliphatic carbocycles. The van der Waals surface area contributed by atoms with E-state index in [1.54, 1.807) is 48.5 Å². The average Bonchev–Trinajstić information content (AvgIpc) is 3.17. The highest BCUT2D eigenvalue weighted by molar-refractivity contribution is 6.35. The fraction of sp³-hybridized carbons (Fsp3) is 0.100. The molecule has 2 aromatic carbocycles. The summed E-state index contributed by atoms with van der Waals surface area (Å²) >= 11 is 12.2. The number of furan rings is 1. The van der Waals surface area contributed by atoms with Crippen LogP contribution in [0.1, 0.15) is 16.1 Å². The summed E-state index contributed by atoms with van der Waals surface area (Å²) in [7, 11) is 3.02. The lowest BCUT2D eigenvalue weighted by Gasteiger charge is -2.08. The Labute approximate surface area is 171 Å². The van der Waals surface area contributed by atoms with E-state index in [-0.39, 0.29) is 0 Å². The number of nitrogens with one attached hydrogen (secondary N) is 1. The fourth-order valence-corrected chi connectivity index (χ4v) is 2.83. The SMILES string of the molecule is COc1ccc(C(=O)N/N=C\c2ccc(-c3cc(Cl)ccc3Cl)o2)cc1OC. The minimum Gasteiger partial charge on any atom is -0.493 e. The molecule has 0 radical (unpaired) electrons. The van der Waals surface area contributed by atoms with Crippen LogP contribution in [0.25, 0.3) is 11.3 Å². The first kappa shape index (κ1) is 19.8. The van der Waals surface area contributed by atoms with Crippen molar-refractivity contribution in [2.45, 2.75) is 0 Å². The molecule has 1 N–H and O–H groups in total. The Morgan fingerprint density at radius 2 is 1.82 bits per heavy atom. The molecule has 3 aromatic rings. The maximum atomic E-state index is 12.2.